The second kappa shape index (κ2) is 6.11. The van der Waals surface area contributed by atoms with E-state index in [0.717, 1.165) is 31.3 Å². The van der Waals surface area contributed by atoms with E-state index in [0.29, 0.717) is 12.0 Å². The van der Waals surface area contributed by atoms with E-state index in [4.69, 9.17) is 5.73 Å². The van der Waals surface area contributed by atoms with Crippen molar-refractivity contribution in [2.75, 3.05) is 19.6 Å². The van der Waals surface area contributed by atoms with Crippen LogP contribution in [0.3, 0.4) is 0 Å². The third-order valence-electron chi connectivity index (χ3n) is 5.78. The Kier molecular flexibility index (Phi) is 4.45. The lowest BCUT2D eigenvalue weighted by atomic mass is 9.78. The number of nitrogens with two attached hydrogens (primary N) is 1. The van der Waals surface area contributed by atoms with Crippen molar-refractivity contribution in [2.45, 2.75) is 63.5 Å². The van der Waals surface area contributed by atoms with E-state index in [1.807, 2.05) is 0 Å². The summed E-state index contributed by atoms with van der Waals surface area (Å²) in [7, 11) is 0. The molecule has 4 atom stereocenters. The number of nitrogens with zero attached hydrogens (tertiary/aromatic N) is 1. The molecule has 3 N–H and O–H groups in total. The molecule has 1 aliphatic heterocycles. The zero-order valence-corrected chi connectivity index (χ0v) is 12.1. The number of aliphatic hydroxyl groups is 1. The largest absolute Gasteiger partial charge is 0.392 e. The molecule has 2 aliphatic carbocycles. The molecule has 3 aliphatic rings. The zero-order valence-electron chi connectivity index (χ0n) is 12.1. The third kappa shape index (κ3) is 3.32. The summed E-state index contributed by atoms with van der Waals surface area (Å²) in [6.07, 6.45) is 10.2. The average molecular weight is 266 g/mol. The smallest absolute Gasteiger partial charge is 0.0669 e. The summed E-state index contributed by atoms with van der Waals surface area (Å²) in [5, 5.41) is 10.3. The number of β-amino-alcohol motifs (C(OH)–C–C–N with tert-alkyl or cyclic N) is 1. The quantitative estimate of drug-likeness (QED) is 0.818. The average Bonchev–Trinajstić information content (AvgIpc) is 2.98. The van der Waals surface area contributed by atoms with Gasteiger partial charge in [0.2, 0.25) is 0 Å². The highest BCUT2D eigenvalue weighted by atomic mass is 16.3. The van der Waals surface area contributed by atoms with Crippen molar-refractivity contribution < 1.29 is 5.11 Å². The predicted octanol–water partition coefficient (Wildman–Crippen LogP) is 1.99. The van der Waals surface area contributed by atoms with Gasteiger partial charge < -0.3 is 15.7 Å². The first-order valence-corrected chi connectivity index (χ1v) is 8.38. The summed E-state index contributed by atoms with van der Waals surface area (Å²) in [5.41, 5.74) is 6.26. The Labute approximate surface area is 117 Å². The van der Waals surface area contributed by atoms with Crippen LogP contribution in [0.25, 0.3) is 0 Å². The highest BCUT2D eigenvalue weighted by Crippen LogP contribution is 2.36. The molecule has 0 radical (unpaired) electrons. The fraction of sp³-hybridized carbons (Fsp3) is 1.00. The van der Waals surface area contributed by atoms with E-state index in [-0.39, 0.29) is 6.10 Å². The maximum absolute atomic E-state index is 10.3. The third-order valence-corrected chi connectivity index (χ3v) is 5.78. The summed E-state index contributed by atoms with van der Waals surface area (Å²) < 4.78 is 0. The first-order chi connectivity index (χ1) is 9.22. The van der Waals surface area contributed by atoms with Gasteiger partial charge in [-0.05, 0) is 37.0 Å². The number of rotatable bonds is 4. The van der Waals surface area contributed by atoms with Crippen molar-refractivity contribution in [3.05, 3.63) is 0 Å². The lowest BCUT2D eigenvalue weighted by Gasteiger charge is -2.30. The normalized spacial score (nSPS) is 38.5. The van der Waals surface area contributed by atoms with Gasteiger partial charge in [-0.1, -0.05) is 32.1 Å². The minimum Gasteiger partial charge on any atom is -0.392 e. The van der Waals surface area contributed by atoms with Gasteiger partial charge in [0.25, 0.3) is 0 Å². The van der Waals surface area contributed by atoms with Crippen molar-refractivity contribution in [1.82, 2.24) is 4.90 Å². The number of fused-ring (bicyclic) bond motifs is 1. The van der Waals surface area contributed by atoms with Crippen LogP contribution in [-0.4, -0.2) is 41.8 Å². The minimum atomic E-state index is -0.112. The number of aliphatic hydroxyl groups excluding tert-OH is 1. The summed E-state index contributed by atoms with van der Waals surface area (Å²) in [6.45, 7) is 3.20. The van der Waals surface area contributed by atoms with Crippen molar-refractivity contribution >= 4 is 0 Å². The van der Waals surface area contributed by atoms with E-state index in [2.05, 4.69) is 4.90 Å². The number of hydrogen-bond acceptors (Lipinski definition) is 3. The molecule has 4 unspecified atom stereocenters. The van der Waals surface area contributed by atoms with E-state index < -0.39 is 0 Å². The molecule has 0 spiro atoms. The summed E-state index contributed by atoms with van der Waals surface area (Å²) in [6, 6.07) is 0.413. The number of likely N-dealkylation sites (tertiary alicyclic amines) is 1. The van der Waals surface area contributed by atoms with Crippen LogP contribution in [0.4, 0.5) is 0 Å². The van der Waals surface area contributed by atoms with Crippen molar-refractivity contribution in [1.29, 1.82) is 0 Å². The van der Waals surface area contributed by atoms with Gasteiger partial charge in [0, 0.05) is 25.7 Å². The van der Waals surface area contributed by atoms with Gasteiger partial charge in [0.15, 0.2) is 0 Å². The van der Waals surface area contributed by atoms with Crippen LogP contribution in [0.1, 0.15) is 51.4 Å². The van der Waals surface area contributed by atoms with Crippen LogP contribution in [0.2, 0.25) is 0 Å². The van der Waals surface area contributed by atoms with Gasteiger partial charge in [0.1, 0.15) is 0 Å². The Morgan fingerprint density at radius 1 is 1.05 bits per heavy atom. The van der Waals surface area contributed by atoms with Gasteiger partial charge in [-0.25, -0.2) is 0 Å². The maximum Gasteiger partial charge on any atom is 0.0669 e. The SMILES string of the molecule is NC1CCCC2CN(CC(O)CC3CCCC3)CC12. The standard InChI is InChI=1S/C16H30N2O/c17-16-7-3-6-13-9-18(11-15(13)16)10-14(19)8-12-4-1-2-5-12/h12-16,19H,1-11,17H2. The second-order valence-electron chi connectivity index (χ2n) is 7.28. The molecule has 19 heavy (non-hydrogen) atoms. The molecule has 3 nitrogen and oxygen atoms in total. The van der Waals surface area contributed by atoms with E-state index in [1.165, 1.54) is 51.5 Å². The highest BCUT2D eigenvalue weighted by Gasteiger charge is 2.39. The summed E-state index contributed by atoms with van der Waals surface area (Å²) >= 11 is 0. The minimum absolute atomic E-state index is 0.112. The first-order valence-electron chi connectivity index (χ1n) is 8.38. The van der Waals surface area contributed by atoms with Crippen LogP contribution in [-0.2, 0) is 0 Å². The predicted molar refractivity (Wildman–Crippen MR) is 77.8 cm³/mol. The van der Waals surface area contributed by atoms with E-state index >= 15 is 0 Å². The Morgan fingerprint density at radius 2 is 1.84 bits per heavy atom. The molecule has 0 aromatic rings. The second-order valence-corrected chi connectivity index (χ2v) is 7.28. The topological polar surface area (TPSA) is 49.5 Å². The van der Waals surface area contributed by atoms with Gasteiger partial charge in [0.05, 0.1) is 6.10 Å². The van der Waals surface area contributed by atoms with Gasteiger partial charge in [-0.15, -0.1) is 0 Å². The molecule has 0 aromatic heterocycles. The van der Waals surface area contributed by atoms with Gasteiger partial charge in [-0.3, -0.25) is 0 Å². The Balaban J connectivity index is 1.45. The molecule has 1 heterocycles. The molecule has 3 rings (SSSR count). The molecule has 0 bridgehead atoms. The number of hydrogen-bond donors (Lipinski definition) is 2. The maximum atomic E-state index is 10.3. The van der Waals surface area contributed by atoms with Gasteiger partial charge >= 0.3 is 0 Å². The van der Waals surface area contributed by atoms with Crippen LogP contribution >= 0.6 is 0 Å². The van der Waals surface area contributed by atoms with Crippen LogP contribution in [0.5, 0.6) is 0 Å². The Bertz CT molecular complexity index is 290. The van der Waals surface area contributed by atoms with E-state index in [9.17, 15) is 5.11 Å². The Morgan fingerprint density at radius 3 is 2.58 bits per heavy atom. The molecule has 0 amide bonds. The molecule has 110 valence electrons. The van der Waals surface area contributed by atoms with Crippen LogP contribution in [0, 0.1) is 17.8 Å². The monoisotopic (exact) mass is 266 g/mol. The van der Waals surface area contributed by atoms with Crippen molar-refractivity contribution in [3.8, 4) is 0 Å². The molecule has 0 aromatic carbocycles. The Hall–Kier alpha value is -0.120. The summed E-state index contributed by atoms with van der Waals surface area (Å²) in [5.74, 6) is 2.30. The molecular weight excluding hydrogens is 236 g/mol. The van der Waals surface area contributed by atoms with Gasteiger partial charge in [-0.2, -0.15) is 0 Å². The van der Waals surface area contributed by atoms with E-state index in [1.54, 1.807) is 0 Å². The van der Waals surface area contributed by atoms with Crippen molar-refractivity contribution in [3.63, 3.8) is 0 Å². The molecule has 3 heteroatoms. The molecule has 1 saturated heterocycles. The lowest BCUT2D eigenvalue weighted by molar-refractivity contribution is 0.0987. The highest BCUT2D eigenvalue weighted by molar-refractivity contribution is 4.93. The fourth-order valence-corrected chi connectivity index (χ4v) is 4.76. The fourth-order valence-electron chi connectivity index (χ4n) is 4.76. The lowest BCUT2D eigenvalue weighted by Crippen LogP contribution is -2.38. The first kappa shape index (κ1) is 13.8. The van der Waals surface area contributed by atoms with Crippen LogP contribution in [0.15, 0.2) is 0 Å². The molecule has 3 fully saturated rings. The molecular formula is C16H30N2O. The zero-order chi connectivity index (χ0) is 13.2. The van der Waals surface area contributed by atoms with Crippen molar-refractivity contribution in [2.24, 2.45) is 23.5 Å². The summed E-state index contributed by atoms with van der Waals surface area (Å²) in [4.78, 5) is 2.49. The van der Waals surface area contributed by atoms with Crippen LogP contribution < -0.4 is 5.73 Å². The molecule has 2 saturated carbocycles.